The summed E-state index contributed by atoms with van der Waals surface area (Å²) in [5.74, 6) is 0.273. The molecule has 0 aliphatic carbocycles. The van der Waals surface area contributed by atoms with Crippen molar-refractivity contribution in [2.45, 2.75) is 38.5 Å². The molecule has 0 unspecified atom stereocenters. The number of phenols is 2. The lowest BCUT2D eigenvalue weighted by Crippen LogP contribution is -2.23. The van der Waals surface area contributed by atoms with Crippen LogP contribution < -0.4 is 0 Å². The van der Waals surface area contributed by atoms with E-state index in [-0.39, 0.29) is 22.8 Å². The molecular weight excluding hydrogens is 242 g/mol. The Balaban J connectivity index is 2.68. The maximum Gasteiger partial charge on any atom is 0.222 e. The number of benzene rings is 1. The molecule has 0 fully saturated rings. The normalized spacial score (nSPS) is 11.4. The monoisotopic (exact) mass is 265 g/mol. The molecule has 106 valence electrons. The van der Waals surface area contributed by atoms with Gasteiger partial charge >= 0.3 is 0 Å². The number of hydrogen-bond acceptors (Lipinski definition) is 3. The molecule has 0 atom stereocenters. The second kappa shape index (κ2) is 5.95. The summed E-state index contributed by atoms with van der Waals surface area (Å²) in [7, 11) is 3.50. The largest absolute Gasteiger partial charge is 0.508 e. The van der Waals surface area contributed by atoms with Crippen molar-refractivity contribution in [1.29, 1.82) is 0 Å². The number of nitrogens with zero attached hydrogens (tertiary/aromatic N) is 1. The summed E-state index contributed by atoms with van der Waals surface area (Å²) in [5.41, 5.74) is 0.562. The molecule has 0 aliphatic heterocycles. The van der Waals surface area contributed by atoms with Gasteiger partial charge in [0.25, 0.3) is 0 Å². The van der Waals surface area contributed by atoms with Crippen LogP contribution in [0.3, 0.4) is 0 Å². The van der Waals surface area contributed by atoms with Crippen molar-refractivity contribution in [3.05, 3.63) is 23.8 Å². The van der Waals surface area contributed by atoms with Gasteiger partial charge in [0.2, 0.25) is 5.91 Å². The van der Waals surface area contributed by atoms with Crippen molar-refractivity contribution in [2.75, 3.05) is 14.1 Å². The number of amides is 1. The molecule has 0 radical (unpaired) electrons. The van der Waals surface area contributed by atoms with Crippen LogP contribution in [0.25, 0.3) is 0 Å². The SMILES string of the molecule is CN(C)C(=O)CCCC(C)(C)c1ccc(O)cc1O. The molecule has 0 saturated carbocycles. The lowest BCUT2D eigenvalue weighted by atomic mass is 9.79. The first kappa shape index (κ1) is 15.3. The van der Waals surface area contributed by atoms with E-state index in [1.807, 2.05) is 13.8 Å². The van der Waals surface area contributed by atoms with Gasteiger partial charge in [-0.25, -0.2) is 0 Å². The molecule has 1 aromatic rings. The van der Waals surface area contributed by atoms with E-state index in [0.717, 1.165) is 18.4 Å². The van der Waals surface area contributed by atoms with Crippen molar-refractivity contribution in [3.63, 3.8) is 0 Å². The molecule has 0 aliphatic rings. The van der Waals surface area contributed by atoms with E-state index in [2.05, 4.69) is 0 Å². The number of phenolic OH excluding ortho intramolecular Hbond substituents is 2. The summed E-state index contributed by atoms with van der Waals surface area (Å²) in [6.07, 6.45) is 2.07. The van der Waals surface area contributed by atoms with Crippen molar-refractivity contribution >= 4 is 5.91 Å². The smallest absolute Gasteiger partial charge is 0.222 e. The van der Waals surface area contributed by atoms with Crippen molar-refractivity contribution in [1.82, 2.24) is 4.90 Å². The number of carbonyl (C=O) groups excluding carboxylic acids is 1. The number of rotatable bonds is 5. The van der Waals surface area contributed by atoms with Crippen LogP contribution in [-0.2, 0) is 10.2 Å². The zero-order chi connectivity index (χ0) is 14.6. The van der Waals surface area contributed by atoms with Gasteiger partial charge in [-0.1, -0.05) is 19.9 Å². The van der Waals surface area contributed by atoms with E-state index in [0.29, 0.717) is 6.42 Å². The highest BCUT2D eigenvalue weighted by molar-refractivity contribution is 5.75. The average Bonchev–Trinajstić information content (AvgIpc) is 2.27. The van der Waals surface area contributed by atoms with Gasteiger partial charge in [-0.15, -0.1) is 0 Å². The quantitative estimate of drug-likeness (QED) is 0.860. The molecule has 1 aromatic carbocycles. The number of aromatic hydroxyl groups is 2. The fourth-order valence-corrected chi connectivity index (χ4v) is 2.13. The second-order valence-corrected chi connectivity index (χ2v) is 5.73. The third kappa shape index (κ3) is 4.16. The summed E-state index contributed by atoms with van der Waals surface area (Å²) in [5, 5.41) is 19.2. The van der Waals surface area contributed by atoms with E-state index in [1.165, 1.54) is 6.07 Å². The minimum Gasteiger partial charge on any atom is -0.508 e. The van der Waals surface area contributed by atoms with Crippen molar-refractivity contribution in [3.8, 4) is 11.5 Å². The molecule has 0 heterocycles. The number of hydrogen-bond donors (Lipinski definition) is 2. The molecule has 4 heteroatoms. The highest BCUT2D eigenvalue weighted by Gasteiger charge is 2.24. The first-order chi connectivity index (χ1) is 8.74. The Labute approximate surface area is 114 Å². The Morgan fingerprint density at radius 3 is 2.42 bits per heavy atom. The molecule has 0 aromatic heterocycles. The van der Waals surface area contributed by atoms with Gasteiger partial charge in [0.05, 0.1) is 0 Å². The Kier molecular flexibility index (Phi) is 4.81. The van der Waals surface area contributed by atoms with E-state index in [1.54, 1.807) is 31.1 Å². The molecule has 0 saturated heterocycles. The predicted molar refractivity (Wildman–Crippen MR) is 75.3 cm³/mol. The molecule has 19 heavy (non-hydrogen) atoms. The van der Waals surface area contributed by atoms with Gasteiger partial charge in [0.1, 0.15) is 11.5 Å². The van der Waals surface area contributed by atoms with Crippen LogP contribution in [0.2, 0.25) is 0 Å². The Bertz CT molecular complexity index is 453. The molecule has 1 amide bonds. The van der Waals surface area contributed by atoms with E-state index < -0.39 is 0 Å². The van der Waals surface area contributed by atoms with Gasteiger partial charge in [0.15, 0.2) is 0 Å². The first-order valence-electron chi connectivity index (χ1n) is 6.46. The van der Waals surface area contributed by atoms with Crippen LogP contribution in [0.1, 0.15) is 38.7 Å². The van der Waals surface area contributed by atoms with Crippen molar-refractivity contribution < 1.29 is 15.0 Å². The van der Waals surface area contributed by atoms with E-state index in [4.69, 9.17) is 0 Å². The molecular formula is C15H23NO3. The molecule has 1 rings (SSSR count). The van der Waals surface area contributed by atoms with Gasteiger partial charge < -0.3 is 15.1 Å². The Hall–Kier alpha value is -1.71. The summed E-state index contributed by atoms with van der Waals surface area (Å²) >= 11 is 0. The van der Waals surface area contributed by atoms with Crippen LogP contribution in [0.4, 0.5) is 0 Å². The third-order valence-corrected chi connectivity index (χ3v) is 3.40. The van der Waals surface area contributed by atoms with E-state index in [9.17, 15) is 15.0 Å². The van der Waals surface area contributed by atoms with Crippen molar-refractivity contribution in [2.24, 2.45) is 0 Å². The van der Waals surface area contributed by atoms with Crippen LogP contribution in [0.15, 0.2) is 18.2 Å². The van der Waals surface area contributed by atoms with E-state index >= 15 is 0 Å². The standard InChI is InChI=1S/C15H23NO3/c1-15(2,9-5-6-14(19)16(3)4)12-8-7-11(17)10-13(12)18/h7-8,10,17-18H,5-6,9H2,1-4H3. The Morgan fingerprint density at radius 2 is 1.89 bits per heavy atom. The fraction of sp³-hybridized carbons (Fsp3) is 0.533. The Morgan fingerprint density at radius 1 is 1.26 bits per heavy atom. The van der Waals surface area contributed by atoms with Gasteiger partial charge in [-0.05, 0) is 29.9 Å². The molecule has 0 spiro atoms. The first-order valence-corrected chi connectivity index (χ1v) is 6.46. The minimum atomic E-state index is -0.232. The van der Waals surface area contributed by atoms with Gasteiger partial charge in [-0.2, -0.15) is 0 Å². The zero-order valence-corrected chi connectivity index (χ0v) is 12.1. The fourth-order valence-electron chi connectivity index (χ4n) is 2.13. The number of carbonyl (C=O) groups is 1. The highest BCUT2D eigenvalue weighted by atomic mass is 16.3. The minimum absolute atomic E-state index is 0.0554. The molecule has 0 bridgehead atoms. The van der Waals surface area contributed by atoms with Crippen LogP contribution in [-0.4, -0.2) is 35.1 Å². The lowest BCUT2D eigenvalue weighted by molar-refractivity contribution is -0.128. The maximum atomic E-state index is 11.5. The highest BCUT2D eigenvalue weighted by Crippen LogP contribution is 2.36. The van der Waals surface area contributed by atoms with Crippen LogP contribution >= 0.6 is 0 Å². The summed E-state index contributed by atoms with van der Waals surface area (Å²) < 4.78 is 0. The maximum absolute atomic E-state index is 11.5. The lowest BCUT2D eigenvalue weighted by Gasteiger charge is -2.26. The van der Waals surface area contributed by atoms with Gasteiger partial charge in [0, 0.05) is 26.6 Å². The predicted octanol–water partition coefficient (Wildman–Crippen LogP) is 2.63. The molecule has 4 nitrogen and oxygen atoms in total. The summed E-state index contributed by atoms with van der Waals surface area (Å²) in [6.45, 7) is 4.05. The van der Waals surface area contributed by atoms with Gasteiger partial charge in [-0.3, -0.25) is 4.79 Å². The second-order valence-electron chi connectivity index (χ2n) is 5.73. The summed E-state index contributed by atoms with van der Waals surface area (Å²) in [6, 6.07) is 4.66. The topological polar surface area (TPSA) is 60.8 Å². The zero-order valence-electron chi connectivity index (χ0n) is 12.1. The van der Waals surface area contributed by atoms with Crippen LogP contribution in [0, 0.1) is 0 Å². The van der Waals surface area contributed by atoms with Crippen LogP contribution in [0.5, 0.6) is 11.5 Å². The molecule has 2 N–H and O–H groups in total. The third-order valence-electron chi connectivity index (χ3n) is 3.40. The summed E-state index contributed by atoms with van der Waals surface area (Å²) in [4.78, 5) is 13.1. The average molecular weight is 265 g/mol.